The number of aromatic nitrogens is 1. The second kappa shape index (κ2) is 5.48. The molecular weight excluding hydrogens is 216 g/mol. The molecule has 0 unspecified atom stereocenters. The van der Waals surface area contributed by atoms with Crippen LogP contribution < -0.4 is 4.74 Å². The maximum atomic E-state index is 11.6. The largest absolute Gasteiger partial charge is 0.485 e. The van der Waals surface area contributed by atoms with Crippen molar-refractivity contribution in [1.29, 1.82) is 0 Å². The third kappa shape index (κ3) is 3.06. The van der Waals surface area contributed by atoms with Crippen molar-refractivity contribution in [2.45, 2.75) is 18.9 Å². The highest BCUT2D eigenvalue weighted by molar-refractivity contribution is 5.77. The molecule has 1 saturated heterocycles. The van der Waals surface area contributed by atoms with Gasteiger partial charge in [0.15, 0.2) is 0 Å². The summed E-state index contributed by atoms with van der Waals surface area (Å²) in [4.78, 5) is 17.4. The minimum Gasteiger partial charge on any atom is -0.485 e. The molecule has 17 heavy (non-hydrogen) atoms. The number of ether oxygens (including phenoxy) is 1. The standard InChI is InChI=1S/C13H16N2O2/c1-2-3-6-13(16)15-9-12(10-15)17-11-5-4-7-14-8-11/h2,4-5,7-8,12H,1,3,6,9-10H2. The zero-order valence-corrected chi connectivity index (χ0v) is 9.71. The molecule has 90 valence electrons. The summed E-state index contributed by atoms with van der Waals surface area (Å²) in [5.74, 6) is 0.937. The Morgan fingerprint density at radius 2 is 2.47 bits per heavy atom. The van der Waals surface area contributed by atoms with Crippen LogP contribution in [0.5, 0.6) is 5.75 Å². The number of hydrogen-bond donors (Lipinski definition) is 0. The lowest BCUT2D eigenvalue weighted by Gasteiger charge is -2.38. The molecule has 1 aliphatic rings. The van der Waals surface area contributed by atoms with Crippen molar-refractivity contribution in [3.8, 4) is 5.75 Å². The summed E-state index contributed by atoms with van der Waals surface area (Å²) in [7, 11) is 0. The molecule has 0 N–H and O–H groups in total. The van der Waals surface area contributed by atoms with Crippen molar-refractivity contribution in [2.24, 2.45) is 0 Å². The maximum Gasteiger partial charge on any atom is 0.223 e. The van der Waals surface area contributed by atoms with E-state index >= 15 is 0 Å². The summed E-state index contributed by atoms with van der Waals surface area (Å²) in [6.07, 6.45) is 6.54. The molecule has 0 atom stereocenters. The number of carbonyl (C=O) groups is 1. The first-order chi connectivity index (χ1) is 8.29. The van der Waals surface area contributed by atoms with Crippen LogP contribution in [0.15, 0.2) is 37.2 Å². The number of amides is 1. The van der Waals surface area contributed by atoms with Gasteiger partial charge in [-0.05, 0) is 18.6 Å². The molecule has 4 nitrogen and oxygen atoms in total. The van der Waals surface area contributed by atoms with Gasteiger partial charge in [0.2, 0.25) is 5.91 Å². The molecule has 0 radical (unpaired) electrons. The van der Waals surface area contributed by atoms with Crippen LogP contribution in [0, 0.1) is 0 Å². The van der Waals surface area contributed by atoms with Crippen molar-refractivity contribution < 1.29 is 9.53 Å². The Morgan fingerprint density at radius 3 is 3.12 bits per heavy atom. The fourth-order valence-corrected chi connectivity index (χ4v) is 1.71. The van der Waals surface area contributed by atoms with Gasteiger partial charge in [0, 0.05) is 12.6 Å². The zero-order valence-electron chi connectivity index (χ0n) is 9.71. The van der Waals surface area contributed by atoms with Crippen LogP contribution in [0.2, 0.25) is 0 Å². The van der Waals surface area contributed by atoms with Gasteiger partial charge in [0.25, 0.3) is 0 Å². The van der Waals surface area contributed by atoms with Gasteiger partial charge in [0.05, 0.1) is 19.3 Å². The molecule has 2 rings (SSSR count). The fraction of sp³-hybridized carbons (Fsp3) is 0.385. The summed E-state index contributed by atoms with van der Waals surface area (Å²) in [5, 5.41) is 0. The fourth-order valence-electron chi connectivity index (χ4n) is 1.71. The van der Waals surface area contributed by atoms with E-state index in [0.29, 0.717) is 19.5 Å². The first kappa shape index (κ1) is 11.6. The predicted octanol–water partition coefficient (Wildman–Crippen LogP) is 1.64. The molecule has 2 heterocycles. The van der Waals surface area contributed by atoms with E-state index in [0.717, 1.165) is 12.2 Å². The first-order valence-electron chi connectivity index (χ1n) is 5.75. The van der Waals surface area contributed by atoms with Crippen molar-refractivity contribution in [2.75, 3.05) is 13.1 Å². The number of carbonyl (C=O) groups excluding carboxylic acids is 1. The Kier molecular flexibility index (Phi) is 3.75. The Bertz CT molecular complexity index is 386. The van der Waals surface area contributed by atoms with Crippen LogP contribution in [-0.2, 0) is 4.79 Å². The molecule has 0 spiro atoms. The molecule has 0 saturated carbocycles. The highest BCUT2D eigenvalue weighted by Crippen LogP contribution is 2.17. The average molecular weight is 232 g/mol. The van der Waals surface area contributed by atoms with E-state index < -0.39 is 0 Å². The van der Waals surface area contributed by atoms with Gasteiger partial charge in [0.1, 0.15) is 11.9 Å². The number of nitrogens with zero attached hydrogens (tertiary/aromatic N) is 2. The molecule has 1 aromatic rings. The van der Waals surface area contributed by atoms with Gasteiger partial charge >= 0.3 is 0 Å². The van der Waals surface area contributed by atoms with Gasteiger partial charge in [-0.25, -0.2) is 0 Å². The topological polar surface area (TPSA) is 42.4 Å². The van der Waals surface area contributed by atoms with Crippen LogP contribution in [-0.4, -0.2) is 35.0 Å². The number of likely N-dealkylation sites (tertiary alicyclic amines) is 1. The van der Waals surface area contributed by atoms with Crippen molar-refractivity contribution in [1.82, 2.24) is 9.88 Å². The molecular formula is C13H16N2O2. The number of rotatable bonds is 5. The second-order valence-corrected chi connectivity index (χ2v) is 4.05. The summed E-state index contributed by atoms with van der Waals surface area (Å²) in [5.41, 5.74) is 0. The molecule has 0 aliphatic carbocycles. The number of pyridine rings is 1. The number of allylic oxidation sites excluding steroid dienone is 1. The summed E-state index contributed by atoms with van der Waals surface area (Å²) >= 11 is 0. The van der Waals surface area contributed by atoms with Crippen LogP contribution in [0.25, 0.3) is 0 Å². The van der Waals surface area contributed by atoms with E-state index in [9.17, 15) is 4.79 Å². The lowest BCUT2D eigenvalue weighted by molar-refractivity contribution is -0.139. The van der Waals surface area contributed by atoms with E-state index in [4.69, 9.17) is 4.74 Å². The molecule has 4 heteroatoms. The maximum absolute atomic E-state index is 11.6. The summed E-state index contributed by atoms with van der Waals surface area (Å²) in [6, 6.07) is 3.70. The Hall–Kier alpha value is -1.84. The zero-order chi connectivity index (χ0) is 12.1. The van der Waals surface area contributed by atoms with E-state index in [-0.39, 0.29) is 12.0 Å². The minimum atomic E-state index is 0.104. The molecule has 1 aliphatic heterocycles. The normalized spacial score (nSPS) is 15.2. The smallest absolute Gasteiger partial charge is 0.223 e. The van der Waals surface area contributed by atoms with E-state index in [1.165, 1.54) is 0 Å². The van der Waals surface area contributed by atoms with E-state index in [2.05, 4.69) is 11.6 Å². The highest BCUT2D eigenvalue weighted by atomic mass is 16.5. The Balaban J connectivity index is 1.72. The summed E-state index contributed by atoms with van der Waals surface area (Å²) in [6.45, 7) is 4.95. The monoisotopic (exact) mass is 232 g/mol. The third-order valence-electron chi connectivity index (χ3n) is 2.70. The van der Waals surface area contributed by atoms with E-state index in [1.807, 2.05) is 17.0 Å². The number of hydrogen-bond acceptors (Lipinski definition) is 3. The first-order valence-corrected chi connectivity index (χ1v) is 5.75. The van der Waals surface area contributed by atoms with Crippen molar-refractivity contribution >= 4 is 5.91 Å². The average Bonchev–Trinajstić information content (AvgIpc) is 2.31. The van der Waals surface area contributed by atoms with Crippen LogP contribution >= 0.6 is 0 Å². The van der Waals surface area contributed by atoms with Gasteiger partial charge in [-0.3, -0.25) is 9.78 Å². The molecule has 1 fully saturated rings. The lowest BCUT2D eigenvalue weighted by atomic mass is 10.1. The van der Waals surface area contributed by atoms with Crippen LogP contribution in [0.1, 0.15) is 12.8 Å². The lowest BCUT2D eigenvalue weighted by Crippen LogP contribution is -2.56. The third-order valence-corrected chi connectivity index (χ3v) is 2.70. The van der Waals surface area contributed by atoms with Gasteiger partial charge in [-0.15, -0.1) is 6.58 Å². The molecule has 0 bridgehead atoms. The van der Waals surface area contributed by atoms with Crippen LogP contribution in [0.3, 0.4) is 0 Å². The van der Waals surface area contributed by atoms with E-state index in [1.54, 1.807) is 18.5 Å². The van der Waals surface area contributed by atoms with Gasteiger partial charge in [-0.2, -0.15) is 0 Å². The predicted molar refractivity (Wildman–Crippen MR) is 64.7 cm³/mol. The SMILES string of the molecule is C=CCCC(=O)N1CC(Oc2cccnc2)C1. The quantitative estimate of drug-likeness (QED) is 0.725. The van der Waals surface area contributed by atoms with Crippen molar-refractivity contribution in [3.63, 3.8) is 0 Å². The van der Waals surface area contributed by atoms with Crippen molar-refractivity contribution in [3.05, 3.63) is 37.2 Å². The second-order valence-electron chi connectivity index (χ2n) is 4.05. The molecule has 1 amide bonds. The Labute approximate surface area is 101 Å². The van der Waals surface area contributed by atoms with Crippen LogP contribution in [0.4, 0.5) is 0 Å². The Morgan fingerprint density at radius 1 is 1.65 bits per heavy atom. The van der Waals surface area contributed by atoms with Gasteiger partial charge < -0.3 is 9.64 Å². The summed E-state index contributed by atoms with van der Waals surface area (Å²) < 4.78 is 5.66. The van der Waals surface area contributed by atoms with Gasteiger partial charge in [-0.1, -0.05) is 6.08 Å². The minimum absolute atomic E-state index is 0.104. The highest BCUT2D eigenvalue weighted by Gasteiger charge is 2.31. The molecule has 1 aromatic heterocycles. The molecule has 0 aromatic carbocycles.